The van der Waals surface area contributed by atoms with Gasteiger partial charge in [-0.2, -0.15) is 0 Å². The predicted molar refractivity (Wildman–Crippen MR) is 81.3 cm³/mol. The molecule has 0 fully saturated rings. The summed E-state index contributed by atoms with van der Waals surface area (Å²) in [4.78, 5) is 9.24. The number of carbonyl (C=O) groups is 1. The first-order valence-corrected chi connectivity index (χ1v) is 6.46. The van der Waals surface area contributed by atoms with E-state index in [1.807, 2.05) is 0 Å². The first kappa shape index (κ1) is 14.0. The molecule has 0 spiro atoms. The number of nitrogens with two attached hydrogens (primary N) is 1. The van der Waals surface area contributed by atoms with Crippen LogP contribution in [0.4, 0.5) is 0 Å². The van der Waals surface area contributed by atoms with Crippen molar-refractivity contribution in [1.29, 1.82) is 0 Å². The zero-order valence-corrected chi connectivity index (χ0v) is 11.1. The van der Waals surface area contributed by atoms with Crippen LogP contribution in [-0.4, -0.2) is 17.6 Å². The average Bonchev–Trinajstić information content (AvgIpc) is 2.67. The molecule has 0 amide bonds. The molecule has 2 aromatic carbocycles. The highest BCUT2D eigenvalue weighted by molar-refractivity contribution is 5.75. The van der Waals surface area contributed by atoms with Crippen LogP contribution in [0.25, 0.3) is 12.2 Å². The number of fused-ring (bicyclic) bond motifs is 2. The smallest absolute Gasteiger partial charge is 0.317 e. The first-order chi connectivity index (χ1) is 9.70. The summed E-state index contributed by atoms with van der Waals surface area (Å²) in [5.74, 6) is -0.968. The van der Waals surface area contributed by atoms with Crippen molar-refractivity contribution >= 4 is 18.1 Å². The number of hydrogen-bond acceptors (Lipinski definition) is 2. The SMILES string of the molecule is C1=Cc2ccccc2Cc2ccccc21.NCC(=O)O. The van der Waals surface area contributed by atoms with Crippen LogP contribution in [-0.2, 0) is 11.2 Å². The normalized spacial score (nSPS) is 11.4. The molecule has 20 heavy (non-hydrogen) atoms. The van der Waals surface area contributed by atoms with Gasteiger partial charge in [0.15, 0.2) is 0 Å². The molecule has 0 atom stereocenters. The van der Waals surface area contributed by atoms with Gasteiger partial charge in [-0.3, -0.25) is 4.79 Å². The standard InChI is InChI=1S/C15H12.C2H5NO2/c1-3-7-14-11-15-8-4-2-6-13(15)10-9-12(14)5-1;3-1-2(4)5/h1-10H,11H2;1,3H2,(H,4,5). The van der Waals surface area contributed by atoms with E-state index in [0.717, 1.165) is 6.42 Å². The maximum Gasteiger partial charge on any atom is 0.317 e. The fraction of sp³-hybridized carbons (Fsp3) is 0.118. The summed E-state index contributed by atoms with van der Waals surface area (Å²) in [6, 6.07) is 17.2. The number of carboxylic acids is 1. The maximum atomic E-state index is 9.24. The Kier molecular flexibility index (Phi) is 4.69. The van der Waals surface area contributed by atoms with Crippen LogP contribution < -0.4 is 5.73 Å². The van der Waals surface area contributed by atoms with Crippen LogP contribution in [0.5, 0.6) is 0 Å². The Labute approximate surface area is 118 Å². The minimum absolute atomic E-state index is 0.278. The highest BCUT2D eigenvalue weighted by atomic mass is 16.4. The zero-order chi connectivity index (χ0) is 14.4. The van der Waals surface area contributed by atoms with Crippen LogP contribution in [0.1, 0.15) is 22.3 Å². The number of hydrogen-bond donors (Lipinski definition) is 2. The lowest BCUT2D eigenvalue weighted by Gasteiger charge is -2.04. The van der Waals surface area contributed by atoms with Gasteiger partial charge in [0.05, 0.1) is 6.54 Å². The Hall–Kier alpha value is -2.39. The number of rotatable bonds is 1. The second-order valence-corrected chi connectivity index (χ2v) is 4.51. The maximum absolute atomic E-state index is 9.24. The molecule has 1 aliphatic rings. The van der Waals surface area contributed by atoms with Gasteiger partial charge in [-0.1, -0.05) is 60.7 Å². The zero-order valence-electron chi connectivity index (χ0n) is 11.1. The van der Waals surface area contributed by atoms with Crippen LogP contribution in [0, 0.1) is 0 Å². The van der Waals surface area contributed by atoms with Gasteiger partial charge >= 0.3 is 5.97 Å². The highest BCUT2D eigenvalue weighted by Crippen LogP contribution is 2.24. The molecular formula is C17H17NO2. The van der Waals surface area contributed by atoms with Crippen molar-refractivity contribution in [1.82, 2.24) is 0 Å². The van der Waals surface area contributed by atoms with E-state index in [1.165, 1.54) is 22.3 Å². The van der Waals surface area contributed by atoms with E-state index >= 15 is 0 Å². The monoisotopic (exact) mass is 267 g/mol. The number of aliphatic carboxylic acids is 1. The van der Waals surface area contributed by atoms with Crippen molar-refractivity contribution in [2.45, 2.75) is 6.42 Å². The quantitative estimate of drug-likeness (QED) is 0.712. The third kappa shape index (κ3) is 3.56. The largest absolute Gasteiger partial charge is 0.480 e. The van der Waals surface area contributed by atoms with E-state index in [1.54, 1.807) is 0 Å². The average molecular weight is 267 g/mol. The second-order valence-electron chi connectivity index (χ2n) is 4.51. The van der Waals surface area contributed by atoms with Crippen LogP contribution in [0.15, 0.2) is 48.5 Å². The van der Waals surface area contributed by atoms with Gasteiger partial charge in [0, 0.05) is 0 Å². The summed E-state index contributed by atoms with van der Waals surface area (Å²) in [6.07, 6.45) is 5.46. The molecule has 0 radical (unpaired) electrons. The van der Waals surface area contributed by atoms with E-state index < -0.39 is 5.97 Å². The molecule has 3 nitrogen and oxygen atoms in total. The Morgan fingerprint density at radius 1 is 0.950 bits per heavy atom. The summed E-state index contributed by atoms with van der Waals surface area (Å²) in [5, 5.41) is 7.60. The second kappa shape index (κ2) is 6.68. The third-order valence-electron chi connectivity index (χ3n) is 3.11. The summed E-state index contributed by atoms with van der Waals surface area (Å²) < 4.78 is 0. The van der Waals surface area contributed by atoms with Gasteiger partial charge in [-0.25, -0.2) is 0 Å². The van der Waals surface area contributed by atoms with Crippen LogP contribution in [0.3, 0.4) is 0 Å². The van der Waals surface area contributed by atoms with Crippen molar-refractivity contribution in [2.24, 2.45) is 5.73 Å². The molecule has 0 bridgehead atoms. The molecule has 3 N–H and O–H groups in total. The summed E-state index contributed by atoms with van der Waals surface area (Å²) in [7, 11) is 0. The van der Waals surface area contributed by atoms with E-state index in [-0.39, 0.29) is 6.54 Å². The first-order valence-electron chi connectivity index (χ1n) is 6.46. The van der Waals surface area contributed by atoms with E-state index in [0.29, 0.717) is 0 Å². The minimum Gasteiger partial charge on any atom is -0.480 e. The molecule has 0 aliphatic heterocycles. The van der Waals surface area contributed by atoms with E-state index in [4.69, 9.17) is 5.11 Å². The van der Waals surface area contributed by atoms with Gasteiger partial charge in [0.25, 0.3) is 0 Å². The molecular weight excluding hydrogens is 250 g/mol. The van der Waals surface area contributed by atoms with E-state index in [9.17, 15) is 4.79 Å². The molecule has 0 unspecified atom stereocenters. The van der Waals surface area contributed by atoms with Gasteiger partial charge < -0.3 is 10.8 Å². The molecule has 0 saturated heterocycles. The van der Waals surface area contributed by atoms with Gasteiger partial charge in [0.1, 0.15) is 0 Å². The van der Waals surface area contributed by atoms with Gasteiger partial charge in [-0.15, -0.1) is 0 Å². The van der Waals surface area contributed by atoms with Crippen molar-refractivity contribution in [3.8, 4) is 0 Å². The Bertz CT molecular complexity index is 585. The third-order valence-corrected chi connectivity index (χ3v) is 3.11. The van der Waals surface area contributed by atoms with Crippen LogP contribution in [0.2, 0.25) is 0 Å². The van der Waals surface area contributed by atoms with Crippen LogP contribution >= 0.6 is 0 Å². The minimum atomic E-state index is -0.968. The fourth-order valence-electron chi connectivity index (χ4n) is 2.10. The molecule has 1 aliphatic carbocycles. The van der Waals surface area contributed by atoms with Crippen molar-refractivity contribution in [3.05, 3.63) is 70.8 Å². The molecule has 0 heterocycles. The Balaban J connectivity index is 0.000000257. The van der Waals surface area contributed by atoms with Crippen molar-refractivity contribution in [2.75, 3.05) is 6.54 Å². The summed E-state index contributed by atoms with van der Waals surface area (Å²) in [5.41, 5.74) is 10.1. The molecule has 102 valence electrons. The lowest BCUT2D eigenvalue weighted by Crippen LogP contribution is -2.10. The number of benzene rings is 2. The number of carboxylic acid groups (broad SMARTS) is 1. The molecule has 2 aromatic rings. The fourth-order valence-corrected chi connectivity index (χ4v) is 2.10. The van der Waals surface area contributed by atoms with Crippen molar-refractivity contribution < 1.29 is 9.90 Å². The molecule has 3 rings (SSSR count). The summed E-state index contributed by atoms with van der Waals surface area (Å²) >= 11 is 0. The van der Waals surface area contributed by atoms with Crippen molar-refractivity contribution in [3.63, 3.8) is 0 Å². The molecule has 3 heteroatoms. The lowest BCUT2D eigenvalue weighted by atomic mass is 10.0. The lowest BCUT2D eigenvalue weighted by molar-refractivity contribution is -0.135. The predicted octanol–water partition coefficient (Wildman–Crippen LogP) is 2.79. The Morgan fingerprint density at radius 2 is 1.35 bits per heavy atom. The summed E-state index contributed by atoms with van der Waals surface area (Å²) in [6.45, 7) is -0.278. The van der Waals surface area contributed by atoms with E-state index in [2.05, 4.69) is 66.4 Å². The molecule has 0 saturated carbocycles. The Morgan fingerprint density at radius 3 is 1.75 bits per heavy atom. The molecule has 0 aromatic heterocycles. The topological polar surface area (TPSA) is 63.3 Å². The highest BCUT2D eigenvalue weighted by Gasteiger charge is 2.07. The van der Waals surface area contributed by atoms with Gasteiger partial charge in [-0.05, 0) is 28.7 Å². The van der Waals surface area contributed by atoms with Gasteiger partial charge in [0.2, 0.25) is 0 Å².